The molecule has 8 heteroatoms. The number of carbonyl (C=O) groups excluding carboxylic acids is 2. The molecular weight excluding hydrogens is 320 g/mol. The topological polar surface area (TPSA) is 85.0 Å². The molecule has 0 aromatic carbocycles. The van der Waals surface area contributed by atoms with Gasteiger partial charge in [-0.25, -0.2) is 0 Å². The van der Waals surface area contributed by atoms with Crippen molar-refractivity contribution in [2.75, 3.05) is 11.4 Å². The maximum Gasteiger partial charge on any atom is 0.255 e. The van der Waals surface area contributed by atoms with E-state index >= 15 is 0 Å². The minimum atomic E-state index is -0.527. The van der Waals surface area contributed by atoms with Gasteiger partial charge < -0.3 is 10.2 Å². The van der Waals surface area contributed by atoms with E-state index < -0.39 is 6.04 Å². The lowest BCUT2D eigenvalue weighted by Gasteiger charge is -2.18. The molecule has 0 saturated carbocycles. The number of aryl methyl sites for hydroxylation is 2. The fourth-order valence-electron chi connectivity index (χ4n) is 3.06. The molecule has 1 N–H and O–H groups in total. The van der Waals surface area contributed by atoms with Gasteiger partial charge in [-0.05, 0) is 6.42 Å². The highest BCUT2D eigenvalue weighted by atomic mass is 16.2. The molecular formula is C17H24N6O2. The van der Waals surface area contributed by atoms with Gasteiger partial charge in [-0.1, -0.05) is 20.8 Å². The van der Waals surface area contributed by atoms with E-state index in [0.29, 0.717) is 18.5 Å². The summed E-state index contributed by atoms with van der Waals surface area (Å²) in [6, 6.07) is -0.527. The fourth-order valence-corrected chi connectivity index (χ4v) is 3.06. The predicted octanol–water partition coefficient (Wildman–Crippen LogP) is 0.986. The number of hydrogen-bond acceptors (Lipinski definition) is 4. The quantitative estimate of drug-likeness (QED) is 0.900. The lowest BCUT2D eigenvalue weighted by atomic mass is 9.89. The molecule has 1 aliphatic heterocycles. The maximum atomic E-state index is 12.7. The number of amides is 2. The first-order chi connectivity index (χ1) is 11.7. The Bertz CT molecular complexity index is 813. The predicted molar refractivity (Wildman–Crippen MR) is 93.3 cm³/mol. The minimum Gasteiger partial charge on any atom is -0.340 e. The van der Waals surface area contributed by atoms with Gasteiger partial charge >= 0.3 is 0 Å². The van der Waals surface area contributed by atoms with Gasteiger partial charge in [0.05, 0.1) is 23.1 Å². The van der Waals surface area contributed by atoms with Crippen molar-refractivity contribution in [2.45, 2.75) is 38.6 Å². The highest BCUT2D eigenvalue weighted by molar-refractivity contribution is 6.04. The lowest BCUT2D eigenvalue weighted by Crippen LogP contribution is -2.42. The molecule has 0 radical (unpaired) electrons. The molecule has 1 atom stereocenters. The molecule has 0 aliphatic carbocycles. The highest BCUT2D eigenvalue weighted by Crippen LogP contribution is 2.25. The molecule has 0 spiro atoms. The van der Waals surface area contributed by atoms with Gasteiger partial charge in [0, 0.05) is 38.4 Å². The molecule has 1 unspecified atom stereocenters. The van der Waals surface area contributed by atoms with E-state index in [-0.39, 0.29) is 17.2 Å². The highest BCUT2D eigenvalue weighted by Gasteiger charge is 2.35. The zero-order chi connectivity index (χ0) is 18.4. The minimum absolute atomic E-state index is 0.109. The zero-order valence-corrected chi connectivity index (χ0v) is 15.3. The maximum absolute atomic E-state index is 12.7. The van der Waals surface area contributed by atoms with Crippen molar-refractivity contribution in [3.8, 4) is 0 Å². The van der Waals surface area contributed by atoms with E-state index in [2.05, 4.69) is 15.5 Å². The van der Waals surface area contributed by atoms with Gasteiger partial charge in [-0.15, -0.1) is 0 Å². The van der Waals surface area contributed by atoms with Crippen LogP contribution in [0.4, 0.5) is 5.69 Å². The van der Waals surface area contributed by atoms with E-state index in [1.165, 1.54) is 0 Å². The molecule has 3 heterocycles. The summed E-state index contributed by atoms with van der Waals surface area (Å²) in [5.41, 5.74) is 1.74. The molecule has 2 aromatic heterocycles. The Morgan fingerprint density at radius 3 is 2.56 bits per heavy atom. The standard InChI is InChI=1S/C17H24N6O2/c1-17(2,3)14-12(10-22(5)20-14)15(24)19-13-6-7-23(16(13)25)11-8-18-21(4)9-11/h8-10,13H,6-7H2,1-5H3,(H,19,24). The molecule has 0 bridgehead atoms. The molecule has 1 saturated heterocycles. The summed E-state index contributed by atoms with van der Waals surface area (Å²) in [5.74, 6) is -0.369. The summed E-state index contributed by atoms with van der Waals surface area (Å²) >= 11 is 0. The molecule has 2 amide bonds. The molecule has 25 heavy (non-hydrogen) atoms. The number of nitrogens with zero attached hydrogens (tertiary/aromatic N) is 5. The molecule has 8 nitrogen and oxygen atoms in total. The molecule has 2 aromatic rings. The third-order valence-electron chi connectivity index (χ3n) is 4.30. The van der Waals surface area contributed by atoms with Gasteiger partial charge in [0.2, 0.25) is 5.91 Å². The van der Waals surface area contributed by atoms with Crippen molar-refractivity contribution in [3.05, 3.63) is 29.8 Å². The number of carbonyl (C=O) groups is 2. The molecule has 134 valence electrons. The van der Waals surface area contributed by atoms with Crippen LogP contribution in [0.5, 0.6) is 0 Å². The van der Waals surface area contributed by atoms with Crippen LogP contribution in [0.25, 0.3) is 0 Å². The summed E-state index contributed by atoms with van der Waals surface area (Å²) in [4.78, 5) is 27.0. The van der Waals surface area contributed by atoms with Crippen molar-refractivity contribution in [1.29, 1.82) is 0 Å². The third kappa shape index (κ3) is 3.29. The Morgan fingerprint density at radius 2 is 1.96 bits per heavy atom. The average Bonchev–Trinajstić information content (AvgIpc) is 3.19. The van der Waals surface area contributed by atoms with Crippen molar-refractivity contribution in [1.82, 2.24) is 24.9 Å². The summed E-state index contributed by atoms with van der Waals surface area (Å²) in [7, 11) is 3.59. The number of anilines is 1. The Balaban J connectivity index is 1.75. The van der Waals surface area contributed by atoms with Crippen molar-refractivity contribution < 1.29 is 9.59 Å². The first-order valence-electron chi connectivity index (χ1n) is 8.32. The Kier molecular flexibility index (Phi) is 4.14. The lowest BCUT2D eigenvalue weighted by molar-refractivity contribution is -0.118. The SMILES string of the molecule is Cn1cc(N2CCC(NC(=O)c3cn(C)nc3C(C)(C)C)C2=O)cn1. The summed E-state index contributed by atoms with van der Waals surface area (Å²) in [6.45, 7) is 6.60. The van der Waals surface area contributed by atoms with Crippen LogP contribution in [-0.4, -0.2) is 44.0 Å². The van der Waals surface area contributed by atoms with Gasteiger partial charge in [-0.2, -0.15) is 10.2 Å². The average molecular weight is 344 g/mol. The number of nitrogens with one attached hydrogen (secondary N) is 1. The summed E-state index contributed by atoms with van der Waals surface area (Å²) < 4.78 is 3.29. The van der Waals surface area contributed by atoms with Crippen molar-refractivity contribution >= 4 is 17.5 Å². The zero-order valence-electron chi connectivity index (χ0n) is 15.3. The van der Waals surface area contributed by atoms with Crippen LogP contribution in [0.15, 0.2) is 18.6 Å². The second-order valence-electron chi connectivity index (χ2n) is 7.49. The second kappa shape index (κ2) is 6.02. The number of rotatable bonds is 3. The van der Waals surface area contributed by atoms with E-state index in [1.807, 2.05) is 20.8 Å². The number of aromatic nitrogens is 4. The van der Waals surface area contributed by atoms with Crippen LogP contribution in [0.1, 0.15) is 43.2 Å². The third-order valence-corrected chi connectivity index (χ3v) is 4.30. The van der Waals surface area contributed by atoms with Crippen molar-refractivity contribution in [2.24, 2.45) is 14.1 Å². The smallest absolute Gasteiger partial charge is 0.255 e. The van der Waals surface area contributed by atoms with Gasteiger partial charge in [0.25, 0.3) is 5.91 Å². The summed E-state index contributed by atoms with van der Waals surface area (Å²) in [6.07, 6.45) is 5.72. The van der Waals surface area contributed by atoms with Crippen LogP contribution in [-0.2, 0) is 24.3 Å². The summed E-state index contributed by atoms with van der Waals surface area (Å²) in [5, 5.41) is 11.4. The monoisotopic (exact) mass is 344 g/mol. The molecule has 1 aliphatic rings. The van der Waals surface area contributed by atoms with E-state index in [9.17, 15) is 9.59 Å². The largest absolute Gasteiger partial charge is 0.340 e. The van der Waals surface area contributed by atoms with Crippen molar-refractivity contribution in [3.63, 3.8) is 0 Å². The molecule has 1 fully saturated rings. The van der Waals surface area contributed by atoms with Gasteiger partial charge in [-0.3, -0.25) is 19.0 Å². The first-order valence-corrected chi connectivity index (χ1v) is 8.32. The van der Waals surface area contributed by atoms with Gasteiger partial charge in [0.15, 0.2) is 0 Å². The van der Waals surface area contributed by atoms with E-state index in [1.54, 1.807) is 46.9 Å². The van der Waals surface area contributed by atoms with Gasteiger partial charge in [0.1, 0.15) is 6.04 Å². The van der Waals surface area contributed by atoms with Crippen LogP contribution >= 0.6 is 0 Å². The first kappa shape index (κ1) is 17.2. The fraction of sp³-hybridized carbons (Fsp3) is 0.529. The second-order valence-corrected chi connectivity index (χ2v) is 7.49. The van der Waals surface area contributed by atoms with E-state index in [0.717, 1.165) is 11.4 Å². The van der Waals surface area contributed by atoms with Crippen LogP contribution in [0, 0.1) is 0 Å². The Labute approximate surface area is 146 Å². The van der Waals surface area contributed by atoms with E-state index in [4.69, 9.17) is 0 Å². The molecule has 3 rings (SSSR count). The van der Waals surface area contributed by atoms with Crippen LogP contribution in [0.2, 0.25) is 0 Å². The Hall–Kier alpha value is -2.64. The number of hydrogen-bond donors (Lipinski definition) is 1. The van der Waals surface area contributed by atoms with Crippen LogP contribution < -0.4 is 10.2 Å². The normalized spacial score (nSPS) is 18.0. The Morgan fingerprint density at radius 1 is 1.24 bits per heavy atom. The van der Waals surface area contributed by atoms with Crippen LogP contribution in [0.3, 0.4) is 0 Å².